The SMILES string of the molecule is CCOC(=O)C(CCCCN=C=O)CC(=O)OCC[N+](C)(C)CCOC(=O)NC(CCCCN=C=O)C(=O)OCC. The Morgan fingerprint density at radius 1 is 0.756 bits per heavy atom. The molecule has 232 valence electrons. The van der Waals surface area contributed by atoms with Gasteiger partial charge in [0.1, 0.15) is 32.3 Å². The van der Waals surface area contributed by atoms with E-state index >= 15 is 0 Å². The van der Waals surface area contributed by atoms with Crippen molar-refractivity contribution < 1.29 is 52.2 Å². The maximum Gasteiger partial charge on any atom is 0.408 e. The van der Waals surface area contributed by atoms with Crippen LogP contribution in [0.5, 0.6) is 0 Å². The van der Waals surface area contributed by atoms with E-state index in [9.17, 15) is 28.8 Å². The highest BCUT2D eigenvalue weighted by Crippen LogP contribution is 2.16. The van der Waals surface area contributed by atoms with Gasteiger partial charge in [-0.2, -0.15) is 0 Å². The van der Waals surface area contributed by atoms with Crippen molar-refractivity contribution in [1.82, 2.24) is 5.32 Å². The van der Waals surface area contributed by atoms with Crippen LogP contribution in [0, 0.1) is 5.92 Å². The average Bonchev–Trinajstić information content (AvgIpc) is 2.91. The van der Waals surface area contributed by atoms with Crippen LogP contribution in [0.3, 0.4) is 0 Å². The number of unbranched alkanes of at least 4 members (excludes halogenated alkanes) is 2. The van der Waals surface area contributed by atoms with Crippen molar-refractivity contribution in [3.8, 4) is 0 Å². The molecule has 0 radical (unpaired) electrons. The van der Waals surface area contributed by atoms with Crippen LogP contribution in [0.1, 0.15) is 58.8 Å². The molecule has 0 aromatic carbocycles. The van der Waals surface area contributed by atoms with Gasteiger partial charge in [0.15, 0.2) is 0 Å². The second kappa shape index (κ2) is 23.1. The topological polar surface area (TPSA) is 176 Å². The van der Waals surface area contributed by atoms with E-state index in [0.717, 1.165) is 0 Å². The van der Waals surface area contributed by atoms with Crippen molar-refractivity contribution in [2.45, 2.75) is 64.8 Å². The van der Waals surface area contributed by atoms with Crippen LogP contribution in [-0.2, 0) is 42.9 Å². The molecule has 0 saturated carbocycles. The number of aliphatic imine (C=N–C) groups is 2. The lowest BCUT2D eigenvalue weighted by atomic mass is 9.98. The molecule has 0 aromatic rings. The molecule has 0 fully saturated rings. The Bertz CT molecular complexity index is 829. The third-order valence-corrected chi connectivity index (χ3v) is 6.00. The Morgan fingerprint density at radius 3 is 1.85 bits per heavy atom. The molecular weight excluding hydrogens is 540 g/mol. The number of amides is 1. The fourth-order valence-electron chi connectivity index (χ4n) is 3.62. The van der Waals surface area contributed by atoms with E-state index in [1.165, 1.54) is 12.2 Å². The van der Waals surface area contributed by atoms with Crippen LogP contribution < -0.4 is 5.32 Å². The van der Waals surface area contributed by atoms with E-state index in [4.69, 9.17) is 18.9 Å². The summed E-state index contributed by atoms with van der Waals surface area (Å²) in [5.41, 5.74) is 0. The zero-order chi connectivity index (χ0) is 30.9. The summed E-state index contributed by atoms with van der Waals surface area (Å²) >= 11 is 0. The lowest BCUT2D eigenvalue weighted by Gasteiger charge is -2.29. The number of carbonyl (C=O) groups excluding carboxylic acids is 6. The average molecular weight is 586 g/mol. The first-order valence-electron chi connectivity index (χ1n) is 13.9. The molecule has 0 aliphatic rings. The maximum absolute atomic E-state index is 12.4. The van der Waals surface area contributed by atoms with Crippen LogP contribution in [0.4, 0.5) is 4.79 Å². The molecule has 41 heavy (non-hydrogen) atoms. The number of esters is 3. The molecule has 0 saturated heterocycles. The smallest absolute Gasteiger partial charge is 0.408 e. The molecular formula is C27H45N4O10+. The van der Waals surface area contributed by atoms with E-state index < -0.39 is 36.0 Å². The third kappa shape index (κ3) is 20.0. The van der Waals surface area contributed by atoms with Crippen LogP contribution in [-0.4, -0.2) is 113 Å². The molecule has 2 atom stereocenters. The van der Waals surface area contributed by atoms with Crippen LogP contribution in [0.25, 0.3) is 0 Å². The fraction of sp³-hybridized carbons (Fsp3) is 0.778. The van der Waals surface area contributed by atoms with Gasteiger partial charge >= 0.3 is 24.0 Å². The van der Waals surface area contributed by atoms with Gasteiger partial charge in [0, 0.05) is 0 Å². The number of alkyl carbamates (subject to hydrolysis) is 1. The maximum atomic E-state index is 12.4. The Kier molecular flexibility index (Phi) is 21.1. The predicted octanol–water partition coefficient (Wildman–Crippen LogP) is 1.85. The molecule has 0 spiro atoms. The van der Waals surface area contributed by atoms with E-state index in [1.807, 2.05) is 14.1 Å². The van der Waals surface area contributed by atoms with Gasteiger partial charge in [0.25, 0.3) is 0 Å². The van der Waals surface area contributed by atoms with E-state index in [0.29, 0.717) is 62.6 Å². The van der Waals surface area contributed by atoms with Gasteiger partial charge in [-0.3, -0.25) is 9.59 Å². The lowest BCUT2D eigenvalue weighted by Crippen LogP contribution is -2.46. The summed E-state index contributed by atoms with van der Waals surface area (Å²) in [5.74, 6) is -2.20. The summed E-state index contributed by atoms with van der Waals surface area (Å²) in [6.45, 7) is 5.31. The Labute approximate surface area is 241 Å². The Balaban J connectivity index is 4.56. The highest BCUT2D eigenvalue weighted by Gasteiger charge is 2.25. The number of quaternary nitrogens is 1. The molecule has 1 amide bonds. The third-order valence-electron chi connectivity index (χ3n) is 6.00. The minimum absolute atomic E-state index is 0.0510. The minimum Gasteiger partial charge on any atom is -0.466 e. The summed E-state index contributed by atoms with van der Waals surface area (Å²) in [5, 5.41) is 2.52. The van der Waals surface area contributed by atoms with Crippen molar-refractivity contribution in [2.24, 2.45) is 15.9 Å². The van der Waals surface area contributed by atoms with Crippen molar-refractivity contribution in [2.75, 3.05) is 66.7 Å². The molecule has 0 bridgehead atoms. The van der Waals surface area contributed by atoms with Crippen molar-refractivity contribution in [1.29, 1.82) is 0 Å². The van der Waals surface area contributed by atoms with Crippen molar-refractivity contribution >= 4 is 36.2 Å². The van der Waals surface area contributed by atoms with Gasteiger partial charge in [-0.25, -0.2) is 29.2 Å². The number of isocyanates is 2. The zero-order valence-corrected chi connectivity index (χ0v) is 24.7. The molecule has 0 aliphatic carbocycles. The molecule has 2 unspecified atom stereocenters. The van der Waals surface area contributed by atoms with Gasteiger partial charge in [-0.15, -0.1) is 0 Å². The second-order valence-corrected chi connectivity index (χ2v) is 9.78. The number of carbonyl (C=O) groups is 4. The monoisotopic (exact) mass is 585 g/mol. The number of nitrogens with one attached hydrogen (secondary N) is 1. The summed E-state index contributed by atoms with van der Waals surface area (Å²) in [6, 6.07) is -0.882. The Morgan fingerprint density at radius 2 is 1.29 bits per heavy atom. The molecule has 0 aromatic heterocycles. The standard InChI is InChI=1S/C27H44N4O10/c1-5-38-25(35)22(11-7-9-13-28-20-32)19-24(34)40-17-15-31(3,4)16-18-41-27(37)30-23(26(36)39-6-2)12-8-10-14-29-21-33/h22-23H,5-19H2,1-4H3/p+1. The zero-order valence-electron chi connectivity index (χ0n) is 24.7. The van der Waals surface area contributed by atoms with E-state index in [-0.39, 0.29) is 39.4 Å². The first-order chi connectivity index (χ1) is 19.6. The highest BCUT2D eigenvalue weighted by molar-refractivity contribution is 5.81. The minimum atomic E-state index is -0.882. The Hall–Kier alpha value is -3.60. The van der Waals surface area contributed by atoms with Gasteiger partial charge < -0.3 is 28.7 Å². The van der Waals surface area contributed by atoms with E-state index in [2.05, 4.69) is 15.3 Å². The normalized spacial score (nSPS) is 12.1. The predicted molar refractivity (Wildman–Crippen MR) is 146 cm³/mol. The second-order valence-electron chi connectivity index (χ2n) is 9.78. The number of likely N-dealkylation sites (N-methyl/N-ethyl adjacent to an activating group) is 1. The van der Waals surface area contributed by atoms with Crippen LogP contribution in [0.15, 0.2) is 9.98 Å². The summed E-state index contributed by atoms with van der Waals surface area (Å²) in [7, 11) is 3.75. The van der Waals surface area contributed by atoms with Crippen LogP contribution >= 0.6 is 0 Å². The number of hydrogen-bond donors (Lipinski definition) is 1. The van der Waals surface area contributed by atoms with E-state index in [1.54, 1.807) is 13.8 Å². The summed E-state index contributed by atoms with van der Waals surface area (Å²) in [6.07, 6.45) is 5.03. The van der Waals surface area contributed by atoms with Crippen LogP contribution in [0.2, 0.25) is 0 Å². The lowest BCUT2D eigenvalue weighted by molar-refractivity contribution is -0.890. The van der Waals surface area contributed by atoms with Crippen molar-refractivity contribution in [3.05, 3.63) is 0 Å². The largest absolute Gasteiger partial charge is 0.466 e. The number of nitrogens with zero attached hydrogens (tertiary/aromatic N) is 3. The quantitative estimate of drug-likeness (QED) is 0.0465. The van der Waals surface area contributed by atoms with Crippen molar-refractivity contribution in [3.63, 3.8) is 0 Å². The molecule has 0 aliphatic heterocycles. The van der Waals surface area contributed by atoms with Gasteiger partial charge in [0.2, 0.25) is 12.2 Å². The van der Waals surface area contributed by atoms with Gasteiger partial charge in [0.05, 0.1) is 52.7 Å². The highest BCUT2D eigenvalue weighted by atomic mass is 16.6. The molecule has 14 nitrogen and oxygen atoms in total. The fourth-order valence-corrected chi connectivity index (χ4v) is 3.62. The van der Waals surface area contributed by atoms with Gasteiger partial charge in [-0.1, -0.05) is 6.42 Å². The molecule has 0 rings (SSSR count). The summed E-state index contributed by atoms with van der Waals surface area (Å²) < 4.78 is 21.0. The number of ether oxygens (including phenoxy) is 4. The summed E-state index contributed by atoms with van der Waals surface area (Å²) in [4.78, 5) is 76.3. The molecule has 0 heterocycles. The molecule has 1 N–H and O–H groups in total. The number of rotatable bonds is 23. The van der Waals surface area contributed by atoms with Gasteiger partial charge in [-0.05, 0) is 46.0 Å². The first-order valence-corrected chi connectivity index (χ1v) is 13.9. The molecule has 14 heteroatoms. The first kappa shape index (κ1) is 37.4. The number of hydrogen-bond acceptors (Lipinski definition) is 12.